The second-order valence-electron chi connectivity index (χ2n) is 7.14. The van der Waals surface area contributed by atoms with E-state index in [0.717, 1.165) is 5.56 Å². The van der Waals surface area contributed by atoms with Gasteiger partial charge in [-0.25, -0.2) is 0 Å². The van der Waals surface area contributed by atoms with Gasteiger partial charge in [0.25, 0.3) is 0 Å². The summed E-state index contributed by atoms with van der Waals surface area (Å²) in [6, 6.07) is 9.80. The van der Waals surface area contributed by atoms with E-state index in [-0.39, 0.29) is 30.8 Å². The third-order valence-electron chi connectivity index (χ3n) is 3.69. The largest absolute Gasteiger partial charge is 0.460 e. The molecule has 1 aromatic carbocycles. The maximum Gasteiger partial charge on any atom is 0.306 e. The fourth-order valence-corrected chi connectivity index (χ4v) is 2.35. The van der Waals surface area contributed by atoms with E-state index >= 15 is 0 Å². The molecule has 0 radical (unpaired) electrons. The van der Waals surface area contributed by atoms with Gasteiger partial charge in [-0.05, 0) is 26.3 Å². The third kappa shape index (κ3) is 7.75. The molecule has 1 rings (SSSR count). The van der Waals surface area contributed by atoms with E-state index in [1.807, 2.05) is 58.0 Å². The fraction of sp³-hybridized carbons (Fsp3) is 0.550. The van der Waals surface area contributed by atoms with Crippen LogP contribution in [0.2, 0.25) is 0 Å². The zero-order chi connectivity index (χ0) is 18.2. The van der Waals surface area contributed by atoms with E-state index in [4.69, 9.17) is 9.47 Å². The molecule has 134 valence electrons. The number of hydrogen-bond donors (Lipinski definition) is 1. The van der Waals surface area contributed by atoms with Crippen molar-refractivity contribution in [3.63, 3.8) is 0 Å². The van der Waals surface area contributed by atoms with E-state index < -0.39 is 11.7 Å². The Morgan fingerprint density at radius 2 is 1.92 bits per heavy atom. The van der Waals surface area contributed by atoms with Crippen molar-refractivity contribution in [1.29, 1.82) is 0 Å². The Morgan fingerprint density at radius 3 is 2.46 bits per heavy atom. The first-order chi connectivity index (χ1) is 11.2. The van der Waals surface area contributed by atoms with Crippen LogP contribution in [-0.4, -0.2) is 29.4 Å². The molecule has 4 heteroatoms. The number of benzene rings is 1. The molecule has 0 aromatic heterocycles. The molecule has 0 saturated carbocycles. The van der Waals surface area contributed by atoms with E-state index in [1.165, 1.54) is 0 Å². The fourth-order valence-electron chi connectivity index (χ4n) is 2.35. The lowest BCUT2D eigenvalue weighted by atomic mass is 9.90. The molecular formula is C20H30O4. The summed E-state index contributed by atoms with van der Waals surface area (Å²) in [4.78, 5) is 12.1. The molecule has 0 amide bonds. The molecule has 1 N–H and O–H groups in total. The first kappa shape index (κ1) is 20.4. The average Bonchev–Trinajstić information content (AvgIpc) is 2.51. The van der Waals surface area contributed by atoms with Gasteiger partial charge in [-0.3, -0.25) is 4.79 Å². The molecular weight excluding hydrogens is 304 g/mol. The smallest absolute Gasteiger partial charge is 0.306 e. The lowest BCUT2D eigenvalue weighted by Gasteiger charge is -2.27. The predicted octanol–water partition coefficient (Wildman–Crippen LogP) is 3.73. The summed E-state index contributed by atoms with van der Waals surface area (Å²) in [7, 11) is 0. The maximum atomic E-state index is 12.1. The Morgan fingerprint density at radius 1 is 1.29 bits per heavy atom. The quantitative estimate of drug-likeness (QED) is 0.552. The van der Waals surface area contributed by atoms with Gasteiger partial charge in [0.2, 0.25) is 0 Å². The van der Waals surface area contributed by atoms with Crippen molar-refractivity contribution in [2.45, 2.75) is 52.4 Å². The number of hydrogen-bond acceptors (Lipinski definition) is 4. The Hall–Kier alpha value is -1.65. The number of carbonyl (C=O) groups is 1. The monoisotopic (exact) mass is 334 g/mol. The minimum atomic E-state index is -0.703. The molecule has 0 bridgehead atoms. The van der Waals surface area contributed by atoms with Crippen LogP contribution in [0.15, 0.2) is 43.0 Å². The van der Waals surface area contributed by atoms with Gasteiger partial charge in [0.15, 0.2) is 0 Å². The third-order valence-corrected chi connectivity index (χ3v) is 3.69. The number of carbonyl (C=O) groups excluding carboxylic acids is 1. The molecule has 24 heavy (non-hydrogen) atoms. The highest BCUT2D eigenvalue weighted by Crippen LogP contribution is 2.21. The van der Waals surface area contributed by atoms with Crippen LogP contribution < -0.4 is 0 Å². The Bertz CT molecular complexity index is 504. The summed E-state index contributed by atoms with van der Waals surface area (Å²) in [6.07, 6.45) is 1.10. The normalized spacial score (nSPS) is 15.4. The van der Waals surface area contributed by atoms with Crippen molar-refractivity contribution in [3.8, 4) is 0 Å². The lowest BCUT2D eigenvalue weighted by molar-refractivity contribution is -0.158. The summed E-state index contributed by atoms with van der Waals surface area (Å²) in [6.45, 7) is 11.8. The molecule has 1 aromatic rings. The minimum Gasteiger partial charge on any atom is -0.460 e. The SMILES string of the molecule is C=CC(C)C(O)[C@@H](COCc1ccccc1)CC(=O)OC(C)(C)C. The van der Waals surface area contributed by atoms with Gasteiger partial charge < -0.3 is 14.6 Å². The van der Waals surface area contributed by atoms with Crippen molar-refractivity contribution in [1.82, 2.24) is 0 Å². The summed E-state index contributed by atoms with van der Waals surface area (Å²) in [5.74, 6) is -0.791. The first-order valence-corrected chi connectivity index (χ1v) is 8.37. The second-order valence-corrected chi connectivity index (χ2v) is 7.14. The van der Waals surface area contributed by atoms with E-state index in [0.29, 0.717) is 6.61 Å². The van der Waals surface area contributed by atoms with Crippen molar-refractivity contribution in [3.05, 3.63) is 48.6 Å². The predicted molar refractivity (Wildman–Crippen MR) is 95.4 cm³/mol. The van der Waals surface area contributed by atoms with Crippen LogP contribution in [-0.2, 0) is 20.9 Å². The van der Waals surface area contributed by atoms with E-state index in [2.05, 4.69) is 6.58 Å². The number of esters is 1. The van der Waals surface area contributed by atoms with Gasteiger partial charge in [-0.1, -0.05) is 43.3 Å². The molecule has 4 nitrogen and oxygen atoms in total. The summed E-state index contributed by atoms with van der Waals surface area (Å²) < 4.78 is 11.1. The van der Waals surface area contributed by atoms with E-state index in [1.54, 1.807) is 6.08 Å². The second kappa shape index (κ2) is 9.60. The standard InChI is InChI=1S/C20H30O4/c1-6-15(2)19(22)17(12-18(21)24-20(3,4)5)14-23-13-16-10-8-7-9-11-16/h6-11,15,17,19,22H,1,12-14H2,2-5H3/t15?,17-,19?/m1/s1. The zero-order valence-electron chi connectivity index (χ0n) is 15.2. The number of aliphatic hydroxyl groups is 1. The average molecular weight is 334 g/mol. The molecule has 0 spiro atoms. The number of aliphatic hydroxyl groups excluding tert-OH is 1. The van der Waals surface area contributed by atoms with Gasteiger partial charge in [-0.15, -0.1) is 6.58 Å². The van der Waals surface area contributed by atoms with Gasteiger partial charge >= 0.3 is 5.97 Å². The summed E-state index contributed by atoms with van der Waals surface area (Å²) in [5, 5.41) is 10.5. The molecule has 0 heterocycles. The van der Waals surface area contributed by atoms with Crippen LogP contribution in [0.3, 0.4) is 0 Å². The molecule has 0 fully saturated rings. The molecule has 2 unspecified atom stereocenters. The molecule has 3 atom stereocenters. The van der Waals surface area contributed by atoms with Crippen LogP contribution in [0.1, 0.15) is 39.7 Å². The van der Waals surface area contributed by atoms with Crippen LogP contribution >= 0.6 is 0 Å². The van der Waals surface area contributed by atoms with Crippen LogP contribution in [0.5, 0.6) is 0 Å². The maximum absolute atomic E-state index is 12.1. The highest BCUT2D eigenvalue weighted by atomic mass is 16.6. The molecule has 0 saturated heterocycles. The molecule has 0 aliphatic carbocycles. The molecule has 0 aliphatic rings. The Labute approximate surface area is 145 Å². The van der Waals surface area contributed by atoms with Crippen molar-refractivity contribution in [2.75, 3.05) is 6.61 Å². The van der Waals surface area contributed by atoms with Crippen LogP contribution in [0.4, 0.5) is 0 Å². The van der Waals surface area contributed by atoms with E-state index in [9.17, 15) is 9.90 Å². The first-order valence-electron chi connectivity index (χ1n) is 8.37. The summed E-state index contributed by atoms with van der Waals surface area (Å²) >= 11 is 0. The van der Waals surface area contributed by atoms with Gasteiger partial charge in [0.1, 0.15) is 5.60 Å². The van der Waals surface area contributed by atoms with Crippen LogP contribution in [0, 0.1) is 11.8 Å². The van der Waals surface area contributed by atoms with Crippen LogP contribution in [0.25, 0.3) is 0 Å². The minimum absolute atomic E-state index is 0.116. The Kier molecular flexibility index (Phi) is 8.16. The summed E-state index contributed by atoms with van der Waals surface area (Å²) in [5.41, 5.74) is 0.515. The lowest BCUT2D eigenvalue weighted by Crippen LogP contribution is -2.34. The Balaban J connectivity index is 2.63. The highest BCUT2D eigenvalue weighted by molar-refractivity contribution is 5.70. The topological polar surface area (TPSA) is 55.8 Å². The highest BCUT2D eigenvalue weighted by Gasteiger charge is 2.28. The zero-order valence-corrected chi connectivity index (χ0v) is 15.2. The van der Waals surface area contributed by atoms with Crippen molar-refractivity contribution < 1.29 is 19.4 Å². The number of rotatable bonds is 9. The van der Waals surface area contributed by atoms with Crippen molar-refractivity contribution in [2.24, 2.45) is 11.8 Å². The van der Waals surface area contributed by atoms with Gasteiger partial charge in [-0.2, -0.15) is 0 Å². The number of ether oxygens (including phenoxy) is 2. The van der Waals surface area contributed by atoms with Crippen molar-refractivity contribution >= 4 is 5.97 Å². The molecule has 0 aliphatic heterocycles. The van der Waals surface area contributed by atoms with Gasteiger partial charge in [0, 0.05) is 11.8 Å². The van der Waals surface area contributed by atoms with Gasteiger partial charge in [0.05, 0.1) is 25.7 Å².